The summed E-state index contributed by atoms with van der Waals surface area (Å²) in [4.78, 5) is 6.89. The van der Waals surface area contributed by atoms with Crippen LogP contribution in [0.15, 0.2) is 109 Å². The highest BCUT2D eigenvalue weighted by molar-refractivity contribution is 5.63. The Morgan fingerprint density at radius 3 is 1.18 bits per heavy atom. The monoisotopic (exact) mass is 576 g/mol. The SMILES string of the molecule is Cc1c(-c2ccccc2)[nH]c2cccc[n+]12.Cc1c(-c2ccccc2)[nH]c2cccc[n+]12.[Br-].[Br-]. The summed E-state index contributed by atoms with van der Waals surface area (Å²) in [7, 11) is 0. The number of aromatic amines is 2. The first-order valence-electron chi connectivity index (χ1n) is 10.8. The Balaban J connectivity index is 0.000000180. The second kappa shape index (κ2) is 11.3. The van der Waals surface area contributed by atoms with E-state index in [9.17, 15) is 0 Å². The second-order valence-electron chi connectivity index (χ2n) is 7.81. The van der Waals surface area contributed by atoms with Gasteiger partial charge in [-0.15, -0.1) is 0 Å². The Kier molecular flexibility index (Phi) is 8.42. The summed E-state index contributed by atoms with van der Waals surface area (Å²) in [6, 6.07) is 33.1. The molecule has 2 N–H and O–H groups in total. The fourth-order valence-electron chi connectivity index (χ4n) is 4.12. The summed E-state index contributed by atoms with van der Waals surface area (Å²) in [6.45, 7) is 4.26. The average Bonchev–Trinajstić information content (AvgIpc) is 3.38. The van der Waals surface area contributed by atoms with E-state index in [2.05, 4.69) is 106 Å². The molecule has 0 saturated heterocycles. The Morgan fingerprint density at radius 1 is 0.471 bits per heavy atom. The van der Waals surface area contributed by atoms with Crippen molar-refractivity contribution < 1.29 is 42.8 Å². The third kappa shape index (κ3) is 4.98. The lowest BCUT2D eigenvalue weighted by atomic mass is 10.1. The van der Waals surface area contributed by atoms with E-state index < -0.39 is 0 Å². The molecule has 34 heavy (non-hydrogen) atoms. The van der Waals surface area contributed by atoms with E-state index in [4.69, 9.17) is 0 Å². The molecular formula is C28H26Br2N4. The van der Waals surface area contributed by atoms with Crippen molar-refractivity contribution in [1.82, 2.24) is 9.97 Å². The van der Waals surface area contributed by atoms with Gasteiger partial charge in [0.25, 0.3) is 11.3 Å². The van der Waals surface area contributed by atoms with Gasteiger partial charge in [0.1, 0.15) is 0 Å². The predicted molar refractivity (Wildman–Crippen MR) is 128 cm³/mol. The van der Waals surface area contributed by atoms with Crippen LogP contribution in [0.3, 0.4) is 0 Å². The van der Waals surface area contributed by atoms with Crippen LogP contribution in [-0.2, 0) is 0 Å². The maximum absolute atomic E-state index is 3.44. The van der Waals surface area contributed by atoms with E-state index in [1.807, 2.05) is 36.4 Å². The minimum absolute atomic E-state index is 0. The van der Waals surface area contributed by atoms with Crippen molar-refractivity contribution in [3.05, 3.63) is 121 Å². The summed E-state index contributed by atoms with van der Waals surface area (Å²) < 4.78 is 4.34. The molecular weight excluding hydrogens is 552 g/mol. The summed E-state index contributed by atoms with van der Waals surface area (Å²) in [5, 5.41) is 0. The van der Waals surface area contributed by atoms with Gasteiger partial charge in [0.15, 0.2) is 22.8 Å². The fourth-order valence-corrected chi connectivity index (χ4v) is 4.12. The van der Waals surface area contributed by atoms with E-state index in [1.54, 1.807) is 0 Å². The van der Waals surface area contributed by atoms with Crippen molar-refractivity contribution in [1.29, 1.82) is 0 Å². The van der Waals surface area contributed by atoms with Gasteiger partial charge in [0, 0.05) is 37.1 Å². The Labute approximate surface area is 220 Å². The fraction of sp³-hybridized carbons (Fsp3) is 0.0714. The molecule has 0 atom stereocenters. The molecule has 0 saturated carbocycles. The van der Waals surface area contributed by atoms with Gasteiger partial charge in [-0.05, 0) is 12.1 Å². The average molecular weight is 578 g/mol. The highest BCUT2D eigenvalue weighted by Crippen LogP contribution is 2.20. The Morgan fingerprint density at radius 2 is 0.824 bits per heavy atom. The zero-order valence-corrected chi connectivity index (χ0v) is 22.2. The number of nitrogens with zero attached hydrogens (tertiary/aromatic N) is 2. The number of imidazole rings is 2. The minimum Gasteiger partial charge on any atom is -1.00 e. The largest absolute Gasteiger partial charge is 1.00 e. The first kappa shape index (κ1) is 25.4. The lowest BCUT2D eigenvalue weighted by Gasteiger charge is -1.93. The summed E-state index contributed by atoms with van der Waals surface area (Å²) in [5.74, 6) is 0. The molecule has 0 unspecified atom stereocenters. The molecule has 0 radical (unpaired) electrons. The highest BCUT2D eigenvalue weighted by atomic mass is 79.9. The standard InChI is InChI=1S/2C14H12N2.2BrH/c2*1-11-14(12-7-3-2-4-8-12)15-13-9-5-6-10-16(11)13;;/h2*2-10H,1H3;2*1H. The van der Waals surface area contributed by atoms with Crippen molar-refractivity contribution in [2.24, 2.45) is 0 Å². The number of pyridine rings is 2. The van der Waals surface area contributed by atoms with Gasteiger partial charge in [-0.3, -0.25) is 0 Å². The number of benzene rings is 2. The first-order chi connectivity index (χ1) is 15.7. The molecule has 4 nitrogen and oxygen atoms in total. The molecule has 0 spiro atoms. The molecule has 0 aliphatic carbocycles. The molecule has 2 aromatic carbocycles. The third-order valence-electron chi connectivity index (χ3n) is 5.80. The molecule has 4 heterocycles. The van der Waals surface area contributed by atoms with Gasteiger partial charge >= 0.3 is 0 Å². The topological polar surface area (TPSA) is 39.8 Å². The number of rotatable bonds is 2. The zero-order chi connectivity index (χ0) is 21.9. The predicted octanol–water partition coefficient (Wildman–Crippen LogP) is -0.534. The zero-order valence-electron chi connectivity index (χ0n) is 19.0. The molecule has 0 amide bonds. The highest BCUT2D eigenvalue weighted by Gasteiger charge is 2.16. The number of aromatic nitrogens is 4. The quantitative estimate of drug-likeness (QED) is 0.260. The van der Waals surface area contributed by atoms with Gasteiger partial charge in [-0.2, -0.15) is 8.80 Å². The van der Waals surface area contributed by atoms with E-state index in [1.165, 1.54) is 33.9 Å². The van der Waals surface area contributed by atoms with Gasteiger partial charge in [-0.1, -0.05) is 72.8 Å². The van der Waals surface area contributed by atoms with Crippen LogP contribution in [0.5, 0.6) is 0 Å². The lowest BCUT2D eigenvalue weighted by molar-refractivity contribution is -0.517. The summed E-state index contributed by atoms with van der Waals surface area (Å²) >= 11 is 0. The molecule has 0 fully saturated rings. The van der Waals surface area contributed by atoms with Crippen LogP contribution in [-0.4, -0.2) is 9.97 Å². The number of halogens is 2. The third-order valence-corrected chi connectivity index (χ3v) is 5.80. The summed E-state index contributed by atoms with van der Waals surface area (Å²) in [5.41, 5.74) is 9.55. The number of hydrogen-bond donors (Lipinski definition) is 2. The van der Waals surface area contributed by atoms with Crippen LogP contribution in [0.1, 0.15) is 11.4 Å². The maximum atomic E-state index is 3.44. The van der Waals surface area contributed by atoms with Crippen LogP contribution >= 0.6 is 0 Å². The molecule has 6 aromatic rings. The number of hydrogen-bond acceptors (Lipinski definition) is 0. The van der Waals surface area contributed by atoms with Crippen molar-refractivity contribution in [2.45, 2.75) is 13.8 Å². The van der Waals surface area contributed by atoms with Crippen molar-refractivity contribution in [3.63, 3.8) is 0 Å². The van der Waals surface area contributed by atoms with E-state index >= 15 is 0 Å². The van der Waals surface area contributed by atoms with Crippen LogP contribution < -0.4 is 42.8 Å². The van der Waals surface area contributed by atoms with E-state index in [-0.39, 0.29) is 34.0 Å². The van der Waals surface area contributed by atoms with Crippen LogP contribution in [0.4, 0.5) is 0 Å². The number of H-pyrrole nitrogens is 2. The second-order valence-corrected chi connectivity index (χ2v) is 7.81. The molecule has 0 aliphatic heterocycles. The molecule has 172 valence electrons. The van der Waals surface area contributed by atoms with Crippen molar-refractivity contribution in [3.8, 4) is 22.5 Å². The van der Waals surface area contributed by atoms with Gasteiger partial charge < -0.3 is 34.0 Å². The van der Waals surface area contributed by atoms with E-state index in [0.717, 1.165) is 11.3 Å². The molecule has 0 bridgehead atoms. The number of nitrogens with one attached hydrogen (secondary N) is 2. The van der Waals surface area contributed by atoms with Gasteiger partial charge in [0.2, 0.25) is 0 Å². The van der Waals surface area contributed by atoms with Gasteiger partial charge in [0.05, 0.1) is 12.4 Å². The first-order valence-corrected chi connectivity index (χ1v) is 10.8. The van der Waals surface area contributed by atoms with E-state index in [0.29, 0.717) is 0 Å². The normalized spacial score (nSPS) is 10.2. The number of aryl methyl sites for hydroxylation is 2. The van der Waals surface area contributed by atoms with Crippen LogP contribution in [0.2, 0.25) is 0 Å². The molecule has 4 aromatic heterocycles. The van der Waals surface area contributed by atoms with Crippen LogP contribution in [0, 0.1) is 13.8 Å². The van der Waals surface area contributed by atoms with Crippen molar-refractivity contribution >= 4 is 11.3 Å². The summed E-state index contributed by atoms with van der Waals surface area (Å²) in [6.07, 6.45) is 4.15. The Hall–Kier alpha value is -3.22. The molecule has 6 heteroatoms. The maximum Gasteiger partial charge on any atom is 0.284 e. The lowest BCUT2D eigenvalue weighted by Crippen LogP contribution is -3.00. The molecule has 0 aliphatic rings. The van der Waals surface area contributed by atoms with Gasteiger partial charge in [-0.25, -0.2) is 9.97 Å². The van der Waals surface area contributed by atoms with Crippen LogP contribution in [0.25, 0.3) is 33.8 Å². The van der Waals surface area contributed by atoms with Crippen molar-refractivity contribution in [2.75, 3.05) is 0 Å². The number of fused-ring (bicyclic) bond motifs is 2. The smallest absolute Gasteiger partial charge is 0.284 e. The minimum atomic E-state index is 0. The molecule has 6 rings (SSSR count). The Bertz CT molecular complexity index is 1370.